The fourth-order valence-corrected chi connectivity index (χ4v) is 1.98. The summed E-state index contributed by atoms with van der Waals surface area (Å²) in [7, 11) is 0. The van der Waals surface area contributed by atoms with E-state index in [-0.39, 0.29) is 24.5 Å². The second-order valence-corrected chi connectivity index (χ2v) is 4.98. The molecule has 1 fully saturated rings. The Morgan fingerprint density at radius 3 is 2.89 bits per heavy atom. The van der Waals surface area contributed by atoms with Gasteiger partial charge in [-0.2, -0.15) is 0 Å². The van der Waals surface area contributed by atoms with Gasteiger partial charge < -0.3 is 20.7 Å². The first kappa shape index (κ1) is 15.9. The standard InChI is InChI=1S/C13H25N3O3/c1-3-6-15-13(18)11-9-19-8-7-16(11)12(17)5-4-10(2)14/h10-11H,3-9,14H2,1-2H3,(H,15,18). The number of nitrogens with one attached hydrogen (secondary N) is 1. The average Bonchev–Trinajstić information content (AvgIpc) is 2.42. The third-order valence-corrected chi connectivity index (χ3v) is 3.11. The van der Waals surface area contributed by atoms with Gasteiger partial charge in [0.05, 0.1) is 13.2 Å². The molecule has 2 unspecified atom stereocenters. The molecule has 0 spiro atoms. The molecule has 1 heterocycles. The zero-order valence-electron chi connectivity index (χ0n) is 11.9. The molecular formula is C13H25N3O3. The second kappa shape index (κ2) is 8.12. The Morgan fingerprint density at radius 2 is 2.26 bits per heavy atom. The van der Waals surface area contributed by atoms with Crippen LogP contribution < -0.4 is 11.1 Å². The van der Waals surface area contributed by atoms with Crippen LogP contribution in [0.1, 0.15) is 33.1 Å². The van der Waals surface area contributed by atoms with Crippen molar-refractivity contribution in [1.29, 1.82) is 0 Å². The highest BCUT2D eigenvalue weighted by Gasteiger charge is 2.32. The summed E-state index contributed by atoms with van der Waals surface area (Å²) in [6, 6.07) is -0.502. The Bertz CT molecular complexity index is 308. The van der Waals surface area contributed by atoms with E-state index in [0.29, 0.717) is 32.5 Å². The van der Waals surface area contributed by atoms with Crippen molar-refractivity contribution in [2.75, 3.05) is 26.3 Å². The molecule has 1 saturated heterocycles. The Hall–Kier alpha value is -1.14. The molecule has 6 nitrogen and oxygen atoms in total. The third kappa shape index (κ3) is 5.16. The highest BCUT2D eigenvalue weighted by molar-refractivity contribution is 5.88. The van der Waals surface area contributed by atoms with E-state index >= 15 is 0 Å². The van der Waals surface area contributed by atoms with Gasteiger partial charge in [0.1, 0.15) is 6.04 Å². The van der Waals surface area contributed by atoms with Crippen LogP contribution >= 0.6 is 0 Å². The van der Waals surface area contributed by atoms with Gasteiger partial charge in [-0.05, 0) is 19.8 Å². The van der Waals surface area contributed by atoms with Crippen molar-refractivity contribution in [2.24, 2.45) is 5.73 Å². The SMILES string of the molecule is CCCNC(=O)C1COCCN1C(=O)CCC(C)N. The summed E-state index contributed by atoms with van der Waals surface area (Å²) in [5.41, 5.74) is 5.66. The van der Waals surface area contributed by atoms with Crippen LogP contribution in [0, 0.1) is 0 Å². The summed E-state index contributed by atoms with van der Waals surface area (Å²) < 4.78 is 5.31. The lowest BCUT2D eigenvalue weighted by molar-refractivity contribution is -0.148. The van der Waals surface area contributed by atoms with Crippen molar-refractivity contribution < 1.29 is 14.3 Å². The molecule has 1 rings (SSSR count). The van der Waals surface area contributed by atoms with Crippen LogP contribution in [0.15, 0.2) is 0 Å². The smallest absolute Gasteiger partial charge is 0.245 e. The first-order valence-electron chi connectivity index (χ1n) is 6.96. The van der Waals surface area contributed by atoms with Crippen molar-refractivity contribution in [3.8, 4) is 0 Å². The first-order chi connectivity index (χ1) is 9.06. The lowest BCUT2D eigenvalue weighted by Gasteiger charge is -2.34. The number of morpholine rings is 1. The summed E-state index contributed by atoms with van der Waals surface area (Å²) in [5.74, 6) is -0.145. The van der Waals surface area contributed by atoms with Crippen LogP contribution in [-0.2, 0) is 14.3 Å². The first-order valence-corrected chi connectivity index (χ1v) is 6.96. The zero-order chi connectivity index (χ0) is 14.3. The van der Waals surface area contributed by atoms with Gasteiger partial charge in [-0.3, -0.25) is 9.59 Å². The molecule has 0 aromatic carbocycles. The van der Waals surface area contributed by atoms with Gasteiger partial charge in [0.15, 0.2) is 0 Å². The van der Waals surface area contributed by atoms with Gasteiger partial charge in [-0.15, -0.1) is 0 Å². The molecule has 6 heteroatoms. The Kier molecular flexibility index (Phi) is 6.80. The van der Waals surface area contributed by atoms with E-state index < -0.39 is 6.04 Å². The van der Waals surface area contributed by atoms with E-state index in [1.165, 1.54) is 0 Å². The van der Waals surface area contributed by atoms with Crippen LogP contribution in [0.4, 0.5) is 0 Å². The molecule has 1 aliphatic heterocycles. The number of amides is 2. The van der Waals surface area contributed by atoms with Crippen LogP contribution in [-0.4, -0.2) is 55.1 Å². The largest absolute Gasteiger partial charge is 0.377 e. The van der Waals surface area contributed by atoms with Gasteiger partial charge in [0.2, 0.25) is 11.8 Å². The molecule has 2 amide bonds. The van der Waals surface area contributed by atoms with Crippen LogP contribution in [0.2, 0.25) is 0 Å². The van der Waals surface area contributed by atoms with Crippen LogP contribution in [0.3, 0.4) is 0 Å². The highest BCUT2D eigenvalue weighted by Crippen LogP contribution is 2.11. The number of ether oxygens (including phenoxy) is 1. The number of carbonyl (C=O) groups excluding carboxylic acids is 2. The maximum Gasteiger partial charge on any atom is 0.245 e. The van der Waals surface area contributed by atoms with E-state index in [0.717, 1.165) is 6.42 Å². The molecule has 3 N–H and O–H groups in total. The maximum absolute atomic E-state index is 12.1. The minimum Gasteiger partial charge on any atom is -0.377 e. The third-order valence-electron chi connectivity index (χ3n) is 3.11. The molecule has 0 radical (unpaired) electrons. The number of rotatable bonds is 6. The summed E-state index contributed by atoms with van der Waals surface area (Å²) >= 11 is 0. The predicted octanol–water partition coefficient (Wildman–Crippen LogP) is -0.133. The minimum absolute atomic E-state index is 0.00245. The fraction of sp³-hybridized carbons (Fsp3) is 0.846. The molecule has 19 heavy (non-hydrogen) atoms. The van der Waals surface area contributed by atoms with E-state index in [9.17, 15) is 9.59 Å². The topological polar surface area (TPSA) is 84.7 Å². The fourth-order valence-electron chi connectivity index (χ4n) is 1.98. The van der Waals surface area contributed by atoms with Crippen molar-refractivity contribution in [3.63, 3.8) is 0 Å². The lowest BCUT2D eigenvalue weighted by atomic mass is 10.1. The summed E-state index contributed by atoms with van der Waals surface area (Å²) in [5, 5.41) is 2.81. The van der Waals surface area contributed by atoms with Gasteiger partial charge in [-0.1, -0.05) is 6.92 Å². The van der Waals surface area contributed by atoms with Crippen molar-refractivity contribution >= 4 is 11.8 Å². The second-order valence-electron chi connectivity index (χ2n) is 4.98. The molecule has 0 aliphatic carbocycles. The monoisotopic (exact) mass is 271 g/mol. The van der Waals surface area contributed by atoms with Crippen LogP contribution in [0.25, 0.3) is 0 Å². The number of carbonyl (C=O) groups is 2. The molecule has 110 valence electrons. The molecule has 2 atom stereocenters. The Balaban J connectivity index is 2.56. The molecule has 0 aromatic heterocycles. The quantitative estimate of drug-likeness (QED) is 0.704. The molecule has 0 bridgehead atoms. The Labute approximate surface area is 114 Å². The van der Waals surface area contributed by atoms with Crippen LogP contribution in [0.5, 0.6) is 0 Å². The minimum atomic E-state index is -0.499. The van der Waals surface area contributed by atoms with E-state index in [1.807, 2.05) is 13.8 Å². The summed E-state index contributed by atoms with van der Waals surface area (Å²) in [6.45, 7) is 5.72. The summed E-state index contributed by atoms with van der Waals surface area (Å²) in [6.07, 6.45) is 1.90. The Morgan fingerprint density at radius 1 is 1.53 bits per heavy atom. The highest BCUT2D eigenvalue weighted by atomic mass is 16.5. The van der Waals surface area contributed by atoms with Gasteiger partial charge >= 0.3 is 0 Å². The van der Waals surface area contributed by atoms with Crippen molar-refractivity contribution in [3.05, 3.63) is 0 Å². The molecular weight excluding hydrogens is 246 g/mol. The normalized spacial score (nSPS) is 21.0. The average molecular weight is 271 g/mol. The number of hydrogen-bond donors (Lipinski definition) is 2. The molecule has 1 aliphatic rings. The van der Waals surface area contributed by atoms with Crippen molar-refractivity contribution in [2.45, 2.75) is 45.2 Å². The number of hydrogen-bond acceptors (Lipinski definition) is 4. The molecule has 0 aromatic rings. The van der Waals surface area contributed by atoms with Crippen molar-refractivity contribution in [1.82, 2.24) is 10.2 Å². The molecule has 0 saturated carbocycles. The van der Waals surface area contributed by atoms with E-state index in [2.05, 4.69) is 5.32 Å². The van der Waals surface area contributed by atoms with E-state index in [4.69, 9.17) is 10.5 Å². The van der Waals surface area contributed by atoms with Gasteiger partial charge in [-0.25, -0.2) is 0 Å². The summed E-state index contributed by atoms with van der Waals surface area (Å²) in [4.78, 5) is 25.7. The predicted molar refractivity (Wildman–Crippen MR) is 72.5 cm³/mol. The maximum atomic E-state index is 12.1. The van der Waals surface area contributed by atoms with E-state index in [1.54, 1.807) is 4.90 Å². The van der Waals surface area contributed by atoms with Gasteiger partial charge in [0.25, 0.3) is 0 Å². The zero-order valence-corrected chi connectivity index (χ0v) is 11.9. The number of nitrogens with two attached hydrogens (primary N) is 1. The number of nitrogens with zero attached hydrogens (tertiary/aromatic N) is 1. The lowest BCUT2D eigenvalue weighted by Crippen LogP contribution is -2.56. The van der Waals surface area contributed by atoms with Gasteiger partial charge in [0, 0.05) is 25.6 Å².